The number of aromatic amines is 2. The van der Waals surface area contributed by atoms with Gasteiger partial charge in [-0.25, -0.2) is 9.97 Å². The van der Waals surface area contributed by atoms with Crippen LogP contribution >= 0.6 is 0 Å². The second kappa shape index (κ2) is 10.1. The molecule has 9 nitrogen and oxygen atoms in total. The number of alkyl halides is 6. The fourth-order valence-corrected chi connectivity index (χ4v) is 3.11. The number of halogens is 6. The Bertz CT molecular complexity index is 1360. The van der Waals surface area contributed by atoms with Crippen LogP contribution in [0.1, 0.15) is 22.2 Å². The van der Waals surface area contributed by atoms with Gasteiger partial charge in [0.05, 0.1) is 11.7 Å². The molecule has 0 saturated carbocycles. The molecule has 0 radical (unpaired) electrons. The Morgan fingerprint density at radius 3 is 2.33 bits per heavy atom. The van der Waals surface area contributed by atoms with Gasteiger partial charge in [-0.1, -0.05) is 12.1 Å². The first-order valence-corrected chi connectivity index (χ1v) is 9.93. The number of carbonyl (C=O) groups excluding carboxylic acids is 2. The fourth-order valence-electron chi connectivity index (χ4n) is 3.11. The molecule has 1 unspecified atom stereocenters. The molecule has 1 amide bonds. The van der Waals surface area contributed by atoms with E-state index in [0.717, 1.165) is 0 Å². The van der Waals surface area contributed by atoms with E-state index in [-0.39, 0.29) is 11.4 Å². The van der Waals surface area contributed by atoms with Crippen molar-refractivity contribution in [2.24, 2.45) is 7.05 Å². The van der Waals surface area contributed by atoms with E-state index >= 15 is 0 Å². The maximum absolute atomic E-state index is 13.6. The number of H-pyrrole nitrogens is 2. The largest absolute Gasteiger partial charge is 0.542 e. The Morgan fingerprint density at radius 1 is 1.14 bits per heavy atom. The normalized spacial score (nSPS) is 12.5. The highest BCUT2D eigenvalue weighted by molar-refractivity contribution is 6.00. The first-order chi connectivity index (χ1) is 16.8. The Hall–Kier alpha value is -4.43. The summed E-state index contributed by atoms with van der Waals surface area (Å²) in [5.74, 6) is -3.48. The lowest BCUT2D eigenvalue weighted by Gasteiger charge is -2.17. The first-order valence-electron chi connectivity index (χ1n) is 9.93. The number of aromatic nitrogens is 5. The van der Waals surface area contributed by atoms with E-state index in [1.165, 1.54) is 18.3 Å². The number of fused-ring (bicyclic) bond motifs is 1. The number of carboxylic acid groups (broad SMARTS) is 1. The molecule has 0 aromatic carbocycles. The predicted molar refractivity (Wildman–Crippen MR) is 106 cm³/mol. The third-order valence-corrected chi connectivity index (χ3v) is 4.66. The van der Waals surface area contributed by atoms with E-state index in [1.54, 1.807) is 59.0 Å². The molecule has 4 aromatic rings. The average Bonchev–Trinajstić information content (AvgIpc) is 3.40. The third kappa shape index (κ3) is 5.97. The van der Waals surface area contributed by atoms with E-state index in [4.69, 9.17) is 9.90 Å². The van der Waals surface area contributed by atoms with Gasteiger partial charge in [-0.05, 0) is 12.1 Å². The van der Waals surface area contributed by atoms with Crippen LogP contribution in [0.15, 0.2) is 61.2 Å². The van der Waals surface area contributed by atoms with E-state index < -0.39 is 30.3 Å². The Morgan fingerprint density at radius 2 is 1.81 bits per heavy atom. The minimum Gasteiger partial charge on any atom is -0.542 e. The number of aliphatic carboxylic acids is 1. The number of hydrogen-bond donors (Lipinski definition) is 2. The van der Waals surface area contributed by atoms with Crippen molar-refractivity contribution in [3.05, 3.63) is 72.6 Å². The third-order valence-electron chi connectivity index (χ3n) is 4.66. The molecule has 15 heteroatoms. The molecule has 0 bridgehead atoms. The lowest BCUT2D eigenvalue weighted by Crippen LogP contribution is -2.41. The minimum atomic E-state index is -5.19. The average molecular weight is 515 g/mol. The number of nitrogens with zero attached hydrogens (tertiary/aromatic N) is 3. The molecule has 0 fully saturated rings. The summed E-state index contributed by atoms with van der Waals surface area (Å²) in [4.78, 5) is 28.5. The van der Waals surface area contributed by atoms with Crippen molar-refractivity contribution in [2.45, 2.75) is 18.4 Å². The van der Waals surface area contributed by atoms with Gasteiger partial charge in [0.2, 0.25) is 17.9 Å². The Kier molecular flexibility index (Phi) is 7.31. The summed E-state index contributed by atoms with van der Waals surface area (Å²) in [5, 5.41) is 13.8. The number of pyridine rings is 2. The monoisotopic (exact) mass is 515 g/mol. The molecule has 1 atom stereocenters. The summed E-state index contributed by atoms with van der Waals surface area (Å²) in [6, 6.07) is 7.19. The summed E-state index contributed by atoms with van der Waals surface area (Å²) >= 11 is 0. The number of aryl methyl sites for hydroxylation is 1. The van der Waals surface area contributed by atoms with Gasteiger partial charge < -0.3 is 15.2 Å². The number of nitrogens with one attached hydrogen (secondary N) is 3. The number of imidazole rings is 1. The molecule has 0 saturated heterocycles. The quantitative estimate of drug-likeness (QED) is 0.315. The van der Waals surface area contributed by atoms with Crippen molar-refractivity contribution in [2.75, 3.05) is 0 Å². The minimum absolute atomic E-state index is 0.0883. The van der Waals surface area contributed by atoms with Crippen LogP contribution in [0, 0.1) is 0 Å². The van der Waals surface area contributed by atoms with Crippen molar-refractivity contribution >= 4 is 17.4 Å². The van der Waals surface area contributed by atoms with Crippen LogP contribution in [-0.4, -0.2) is 38.7 Å². The highest BCUT2D eigenvalue weighted by atomic mass is 19.4. The maximum Gasteiger partial charge on any atom is 0.430 e. The lowest BCUT2D eigenvalue weighted by molar-refractivity contribution is -0.726. The number of rotatable bonds is 4. The molecule has 0 aliphatic carbocycles. The molecular weight excluding hydrogens is 498 g/mol. The molecular formula is C21H17F6N6O3+. The van der Waals surface area contributed by atoms with Crippen LogP contribution in [0.3, 0.4) is 0 Å². The van der Waals surface area contributed by atoms with Gasteiger partial charge in [-0.15, -0.1) is 4.68 Å². The van der Waals surface area contributed by atoms with Gasteiger partial charge in [-0.2, -0.15) is 31.4 Å². The van der Waals surface area contributed by atoms with Crippen molar-refractivity contribution < 1.29 is 50.7 Å². The van der Waals surface area contributed by atoms with Gasteiger partial charge in [0, 0.05) is 18.3 Å². The molecule has 36 heavy (non-hydrogen) atoms. The van der Waals surface area contributed by atoms with Crippen LogP contribution < -0.4 is 20.1 Å². The molecule has 0 aliphatic heterocycles. The zero-order valence-electron chi connectivity index (χ0n) is 18.2. The van der Waals surface area contributed by atoms with Crippen molar-refractivity contribution in [3.8, 4) is 11.4 Å². The Labute approximate surface area is 198 Å². The topological polar surface area (TPSA) is 120 Å². The highest BCUT2D eigenvalue weighted by Gasteiger charge is 2.46. The summed E-state index contributed by atoms with van der Waals surface area (Å²) in [7, 11) is 1.79. The highest BCUT2D eigenvalue weighted by Crippen LogP contribution is 2.31. The van der Waals surface area contributed by atoms with E-state index in [0.29, 0.717) is 16.9 Å². The summed E-state index contributed by atoms with van der Waals surface area (Å²) < 4.78 is 75.7. The van der Waals surface area contributed by atoms with Gasteiger partial charge in [0.25, 0.3) is 5.91 Å². The van der Waals surface area contributed by atoms with Crippen molar-refractivity contribution in [3.63, 3.8) is 0 Å². The van der Waals surface area contributed by atoms with Crippen molar-refractivity contribution in [1.29, 1.82) is 0 Å². The molecule has 4 rings (SSSR count). The fraction of sp³-hybridized carbons (Fsp3) is 0.190. The smallest absolute Gasteiger partial charge is 0.430 e. The lowest BCUT2D eigenvalue weighted by atomic mass is 10.1. The summed E-state index contributed by atoms with van der Waals surface area (Å²) in [6.07, 6.45) is -3.34. The molecule has 190 valence electrons. The van der Waals surface area contributed by atoms with Crippen LogP contribution in [0.5, 0.6) is 0 Å². The SMILES string of the molecule is C[n+]1cc(-c2nc(C(=O)NC(c3cccc[nH+]3)C(F)(F)F)c3ccccn23)c[nH]1.O=C([O-])C(F)(F)F. The van der Waals surface area contributed by atoms with Gasteiger partial charge in [-0.3, -0.25) is 9.20 Å². The summed E-state index contributed by atoms with van der Waals surface area (Å²) in [5.41, 5.74) is 0.836. The molecule has 0 spiro atoms. The van der Waals surface area contributed by atoms with Gasteiger partial charge in [0.1, 0.15) is 11.5 Å². The van der Waals surface area contributed by atoms with Crippen LogP contribution in [0.2, 0.25) is 0 Å². The number of hydrogen-bond acceptors (Lipinski definition) is 4. The van der Waals surface area contributed by atoms with E-state index in [2.05, 4.69) is 20.4 Å². The summed E-state index contributed by atoms with van der Waals surface area (Å²) in [6.45, 7) is 0. The molecule has 4 aromatic heterocycles. The first kappa shape index (κ1) is 26.2. The van der Waals surface area contributed by atoms with Crippen LogP contribution in [-0.2, 0) is 11.8 Å². The molecule has 3 N–H and O–H groups in total. The maximum atomic E-state index is 13.6. The van der Waals surface area contributed by atoms with Gasteiger partial charge in [0.15, 0.2) is 24.8 Å². The second-order valence-corrected chi connectivity index (χ2v) is 7.26. The standard InChI is InChI=1S/C19H15F3N6O.C2HF3O2/c1-27-11-12(10-24-27)17-25-15(14-7-3-5-9-28(14)17)18(29)26-16(19(20,21)22)13-6-2-4-8-23-13;3-2(4,5)1(6)7/h2-11,16H,1H3,(H,26,29);(H,6,7)/p+1. The molecule has 4 heterocycles. The number of carboxylic acids is 1. The van der Waals surface area contributed by atoms with E-state index in [9.17, 15) is 31.1 Å². The zero-order valence-corrected chi connectivity index (χ0v) is 18.2. The van der Waals surface area contributed by atoms with Crippen LogP contribution in [0.4, 0.5) is 26.3 Å². The zero-order chi connectivity index (χ0) is 26.7. The van der Waals surface area contributed by atoms with E-state index in [1.807, 2.05) is 0 Å². The predicted octanol–water partition coefficient (Wildman–Crippen LogP) is 1.30. The van der Waals surface area contributed by atoms with Crippen LogP contribution in [0.25, 0.3) is 16.9 Å². The van der Waals surface area contributed by atoms with Crippen molar-refractivity contribution in [1.82, 2.24) is 19.8 Å². The number of amides is 1. The Balaban J connectivity index is 0.000000454. The molecule has 0 aliphatic rings. The van der Waals surface area contributed by atoms with Gasteiger partial charge >= 0.3 is 12.4 Å². The number of carbonyl (C=O) groups is 2. The second-order valence-electron chi connectivity index (χ2n) is 7.26.